The predicted octanol–water partition coefficient (Wildman–Crippen LogP) is 1.54. The summed E-state index contributed by atoms with van der Waals surface area (Å²) in [4.78, 5) is 0. The molecule has 0 aliphatic rings. The first kappa shape index (κ1) is 8.65. The van der Waals surface area contributed by atoms with E-state index in [-0.39, 0.29) is 0 Å². The number of aromatic nitrogens is 2. The van der Waals surface area contributed by atoms with Gasteiger partial charge in [-0.15, -0.1) is 12.6 Å². The molecule has 0 spiro atoms. The fraction of sp³-hybridized carbons (Fsp3) is 0.625. The highest BCUT2D eigenvalue weighted by Crippen LogP contribution is 2.15. The second-order valence-electron chi connectivity index (χ2n) is 2.80. The summed E-state index contributed by atoms with van der Waals surface area (Å²) in [6.45, 7) is 2.17. The molecule has 3 heteroatoms. The zero-order chi connectivity index (χ0) is 8.27. The monoisotopic (exact) mass is 171 g/mol. The molecule has 0 saturated heterocycles. The Balaban J connectivity index is 2.60. The van der Waals surface area contributed by atoms with Gasteiger partial charge in [0.25, 0.3) is 0 Å². The van der Waals surface area contributed by atoms with Crippen LogP contribution in [0.2, 0.25) is 0 Å². The number of hydrogen-bond acceptors (Lipinski definition) is 1. The van der Waals surface area contributed by atoms with Crippen LogP contribution in [-0.4, -0.2) is 4.57 Å². The molecule has 0 amide bonds. The number of imidazole rings is 1. The largest absolute Gasteiger partial charge is 0.244 e. The summed E-state index contributed by atoms with van der Waals surface area (Å²) >= 11 is 4.46. The van der Waals surface area contributed by atoms with E-state index in [9.17, 15) is 0 Å². The van der Waals surface area contributed by atoms with Crippen LogP contribution in [0.1, 0.15) is 25.1 Å². The molecule has 0 N–H and O–H groups in total. The highest BCUT2D eigenvalue weighted by molar-refractivity contribution is 7.80. The van der Waals surface area contributed by atoms with Gasteiger partial charge in [-0.05, 0) is 6.42 Å². The molecule has 1 atom stereocenters. The number of nitrogens with zero attached hydrogens (tertiary/aromatic N) is 2. The summed E-state index contributed by atoms with van der Waals surface area (Å²) < 4.78 is 4.14. The Hall–Kier alpha value is -0.440. The molecule has 0 aromatic carbocycles. The average Bonchev–Trinajstić information content (AvgIpc) is 2.36. The second kappa shape index (κ2) is 3.81. The Kier molecular flexibility index (Phi) is 3.00. The Morgan fingerprint density at radius 1 is 1.64 bits per heavy atom. The van der Waals surface area contributed by atoms with E-state index in [1.54, 1.807) is 0 Å². The molecule has 62 valence electrons. The highest BCUT2D eigenvalue weighted by Gasteiger charge is 2.08. The molecule has 0 saturated carbocycles. The minimum atomic E-state index is 0.334. The lowest BCUT2D eigenvalue weighted by Gasteiger charge is -2.03. The van der Waals surface area contributed by atoms with Crippen molar-refractivity contribution in [3.05, 3.63) is 18.7 Å². The summed E-state index contributed by atoms with van der Waals surface area (Å²) in [6, 6.07) is 0. The van der Waals surface area contributed by atoms with Gasteiger partial charge >= 0.3 is 0 Å². The van der Waals surface area contributed by atoms with Gasteiger partial charge in [0.05, 0.1) is 7.05 Å². The molecule has 0 aliphatic carbocycles. The number of aryl methyl sites for hydroxylation is 1. The maximum Gasteiger partial charge on any atom is 0.244 e. The molecular weight excluding hydrogens is 156 g/mol. The van der Waals surface area contributed by atoms with Crippen molar-refractivity contribution in [1.82, 2.24) is 4.57 Å². The molecular formula is C8H15N2S+. The molecule has 1 aromatic heterocycles. The summed E-state index contributed by atoms with van der Waals surface area (Å²) in [6.07, 6.45) is 8.42. The van der Waals surface area contributed by atoms with Crippen LogP contribution in [-0.2, 0) is 7.05 Å². The molecule has 0 radical (unpaired) electrons. The van der Waals surface area contributed by atoms with E-state index < -0.39 is 0 Å². The predicted molar refractivity (Wildman–Crippen MR) is 48.5 cm³/mol. The second-order valence-corrected chi connectivity index (χ2v) is 3.39. The van der Waals surface area contributed by atoms with Crippen LogP contribution < -0.4 is 4.57 Å². The summed E-state index contributed by atoms with van der Waals surface area (Å²) in [5.41, 5.74) is 0. The maximum atomic E-state index is 4.46. The van der Waals surface area contributed by atoms with Gasteiger partial charge in [0.1, 0.15) is 17.8 Å². The van der Waals surface area contributed by atoms with Crippen LogP contribution in [0.3, 0.4) is 0 Å². The third-order valence-electron chi connectivity index (χ3n) is 1.68. The minimum Gasteiger partial charge on any atom is -0.240 e. The van der Waals surface area contributed by atoms with Crippen LogP contribution in [0.4, 0.5) is 0 Å². The van der Waals surface area contributed by atoms with Crippen LogP contribution in [0.5, 0.6) is 0 Å². The van der Waals surface area contributed by atoms with Crippen LogP contribution >= 0.6 is 12.6 Å². The number of thiol groups is 1. The van der Waals surface area contributed by atoms with Crippen molar-refractivity contribution < 1.29 is 4.57 Å². The lowest BCUT2D eigenvalue weighted by Crippen LogP contribution is -2.24. The van der Waals surface area contributed by atoms with Gasteiger partial charge in [0.2, 0.25) is 6.33 Å². The Labute approximate surface area is 73.3 Å². The van der Waals surface area contributed by atoms with Crippen molar-refractivity contribution in [2.45, 2.75) is 25.1 Å². The first-order valence-corrected chi connectivity index (χ1v) is 4.46. The molecule has 2 nitrogen and oxygen atoms in total. The van der Waals surface area contributed by atoms with Gasteiger partial charge in [-0.3, -0.25) is 0 Å². The van der Waals surface area contributed by atoms with Crippen LogP contribution in [0.25, 0.3) is 0 Å². The fourth-order valence-corrected chi connectivity index (χ4v) is 1.45. The standard InChI is InChI=1S/C8H14N2S/c1-3-4-8(11)10-6-5-9(2)7-10/h5-8H,3-4H2,1-2H3/p+1. The van der Waals surface area contributed by atoms with Gasteiger partial charge in [-0.25, -0.2) is 9.13 Å². The normalized spacial score (nSPS) is 13.4. The van der Waals surface area contributed by atoms with Gasteiger partial charge in [0, 0.05) is 0 Å². The average molecular weight is 171 g/mol. The minimum absolute atomic E-state index is 0.334. The summed E-state index contributed by atoms with van der Waals surface area (Å²) in [5, 5.41) is 0.334. The van der Waals surface area contributed by atoms with E-state index in [2.05, 4.69) is 24.1 Å². The first-order valence-electron chi connectivity index (χ1n) is 3.95. The lowest BCUT2D eigenvalue weighted by atomic mass is 10.3. The SMILES string of the molecule is CCCC(S)n1cc[n+](C)c1. The van der Waals surface area contributed by atoms with Crippen molar-refractivity contribution in [3.63, 3.8) is 0 Å². The van der Waals surface area contributed by atoms with E-state index >= 15 is 0 Å². The van der Waals surface area contributed by atoms with Crippen LogP contribution in [0.15, 0.2) is 18.7 Å². The molecule has 1 heterocycles. The Morgan fingerprint density at radius 2 is 2.36 bits per heavy atom. The van der Waals surface area contributed by atoms with Crippen molar-refractivity contribution in [1.29, 1.82) is 0 Å². The molecule has 11 heavy (non-hydrogen) atoms. The molecule has 1 unspecified atom stereocenters. The van der Waals surface area contributed by atoms with E-state index in [1.807, 2.05) is 30.3 Å². The van der Waals surface area contributed by atoms with Gasteiger partial charge < -0.3 is 0 Å². The Bertz CT molecular complexity index is 220. The van der Waals surface area contributed by atoms with E-state index in [4.69, 9.17) is 0 Å². The fourth-order valence-electron chi connectivity index (χ4n) is 1.05. The van der Waals surface area contributed by atoms with Gasteiger partial charge in [-0.1, -0.05) is 13.3 Å². The zero-order valence-corrected chi connectivity index (χ0v) is 7.96. The lowest BCUT2D eigenvalue weighted by molar-refractivity contribution is -0.671. The molecule has 0 aliphatic heterocycles. The quantitative estimate of drug-likeness (QED) is 0.522. The topological polar surface area (TPSA) is 8.81 Å². The van der Waals surface area contributed by atoms with Crippen molar-refractivity contribution in [2.24, 2.45) is 7.05 Å². The molecule has 0 bridgehead atoms. The third kappa shape index (κ3) is 2.26. The van der Waals surface area contributed by atoms with Gasteiger partial charge in [0.15, 0.2) is 0 Å². The number of rotatable bonds is 3. The molecule has 0 fully saturated rings. The third-order valence-corrected chi connectivity index (χ3v) is 2.21. The zero-order valence-electron chi connectivity index (χ0n) is 7.07. The van der Waals surface area contributed by atoms with Crippen molar-refractivity contribution in [3.8, 4) is 0 Å². The Morgan fingerprint density at radius 3 is 2.82 bits per heavy atom. The van der Waals surface area contributed by atoms with Crippen LogP contribution in [0, 0.1) is 0 Å². The van der Waals surface area contributed by atoms with E-state index in [0.29, 0.717) is 5.37 Å². The highest BCUT2D eigenvalue weighted by atomic mass is 32.1. The number of hydrogen-bond donors (Lipinski definition) is 1. The van der Waals surface area contributed by atoms with E-state index in [1.165, 1.54) is 6.42 Å². The van der Waals surface area contributed by atoms with Crippen molar-refractivity contribution >= 4 is 12.6 Å². The van der Waals surface area contributed by atoms with E-state index in [0.717, 1.165) is 6.42 Å². The first-order chi connectivity index (χ1) is 5.24. The maximum absolute atomic E-state index is 4.46. The van der Waals surface area contributed by atoms with Gasteiger partial charge in [-0.2, -0.15) is 0 Å². The smallest absolute Gasteiger partial charge is 0.240 e. The molecule has 1 rings (SSSR count). The summed E-state index contributed by atoms with van der Waals surface area (Å²) in [7, 11) is 2.02. The van der Waals surface area contributed by atoms with Crippen molar-refractivity contribution in [2.75, 3.05) is 0 Å². The summed E-state index contributed by atoms with van der Waals surface area (Å²) in [5.74, 6) is 0. The molecule has 1 aromatic rings.